The van der Waals surface area contributed by atoms with Gasteiger partial charge in [0.2, 0.25) is 5.91 Å². The standard InChI is InChI=1S/C14H18FNO3/c1-2-4-12(9-14(18)19)16-13(17)8-10-5-3-6-11(15)7-10/h3,5-7,12H,2,4,8-9H2,1H3,(H,16,17)(H,18,19)/t12-/m0/s1. The molecular weight excluding hydrogens is 249 g/mol. The molecule has 19 heavy (non-hydrogen) atoms. The second-order valence-electron chi connectivity index (χ2n) is 4.46. The van der Waals surface area contributed by atoms with Gasteiger partial charge in [-0.05, 0) is 24.1 Å². The molecular formula is C14H18FNO3. The monoisotopic (exact) mass is 267 g/mol. The number of carbonyl (C=O) groups excluding carboxylic acids is 1. The number of halogens is 1. The third-order valence-electron chi connectivity index (χ3n) is 2.68. The van der Waals surface area contributed by atoms with Crippen LogP contribution in [-0.4, -0.2) is 23.0 Å². The summed E-state index contributed by atoms with van der Waals surface area (Å²) in [5.41, 5.74) is 0.572. The normalized spacial score (nSPS) is 11.9. The highest BCUT2D eigenvalue weighted by Gasteiger charge is 2.15. The fourth-order valence-corrected chi connectivity index (χ4v) is 1.90. The summed E-state index contributed by atoms with van der Waals surface area (Å²) in [4.78, 5) is 22.4. The molecule has 1 atom stereocenters. The summed E-state index contributed by atoms with van der Waals surface area (Å²) in [6.07, 6.45) is 1.36. The van der Waals surface area contributed by atoms with E-state index in [2.05, 4.69) is 5.32 Å². The topological polar surface area (TPSA) is 66.4 Å². The lowest BCUT2D eigenvalue weighted by Crippen LogP contribution is -2.37. The summed E-state index contributed by atoms with van der Waals surface area (Å²) in [7, 11) is 0. The average molecular weight is 267 g/mol. The summed E-state index contributed by atoms with van der Waals surface area (Å²) in [5, 5.41) is 11.4. The number of carbonyl (C=O) groups is 2. The first kappa shape index (κ1) is 15.1. The molecule has 0 aliphatic carbocycles. The van der Waals surface area contributed by atoms with Crippen molar-refractivity contribution in [2.45, 2.75) is 38.6 Å². The van der Waals surface area contributed by atoms with Crippen LogP contribution in [0.2, 0.25) is 0 Å². The maximum atomic E-state index is 13.0. The summed E-state index contributed by atoms with van der Waals surface area (Å²) < 4.78 is 13.0. The van der Waals surface area contributed by atoms with Gasteiger partial charge in [-0.3, -0.25) is 9.59 Å². The fourth-order valence-electron chi connectivity index (χ4n) is 1.90. The number of aliphatic carboxylic acids is 1. The zero-order chi connectivity index (χ0) is 14.3. The van der Waals surface area contributed by atoms with E-state index in [0.717, 1.165) is 6.42 Å². The molecule has 5 heteroatoms. The SMILES string of the molecule is CCC[C@@H](CC(=O)O)NC(=O)Cc1cccc(F)c1. The van der Waals surface area contributed by atoms with E-state index in [9.17, 15) is 14.0 Å². The lowest BCUT2D eigenvalue weighted by molar-refractivity contribution is -0.137. The van der Waals surface area contributed by atoms with Gasteiger partial charge in [-0.25, -0.2) is 4.39 Å². The van der Waals surface area contributed by atoms with Crippen molar-refractivity contribution in [3.63, 3.8) is 0 Å². The lowest BCUT2D eigenvalue weighted by atomic mass is 10.1. The van der Waals surface area contributed by atoms with Gasteiger partial charge in [0.05, 0.1) is 12.8 Å². The predicted molar refractivity (Wildman–Crippen MR) is 69.2 cm³/mol. The Morgan fingerprint density at radius 2 is 2.16 bits per heavy atom. The number of carboxylic acid groups (broad SMARTS) is 1. The molecule has 0 spiro atoms. The molecule has 0 saturated carbocycles. The number of nitrogens with one attached hydrogen (secondary N) is 1. The third kappa shape index (κ3) is 5.99. The molecule has 0 unspecified atom stereocenters. The zero-order valence-electron chi connectivity index (χ0n) is 10.9. The summed E-state index contributed by atoms with van der Waals surface area (Å²) in [6.45, 7) is 1.92. The first-order chi connectivity index (χ1) is 9.01. The van der Waals surface area contributed by atoms with Crippen LogP contribution >= 0.6 is 0 Å². The summed E-state index contributed by atoms with van der Waals surface area (Å²) >= 11 is 0. The Bertz CT molecular complexity index is 448. The first-order valence-corrected chi connectivity index (χ1v) is 6.27. The second kappa shape index (κ2) is 7.51. The van der Waals surface area contributed by atoms with E-state index in [1.54, 1.807) is 12.1 Å². The van der Waals surface area contributed by atoms with Gasteiger partial charge in [0, 0.05) is 6.04 Å². The van der Waals surface area contributed by atoms with Crippen LogP contribution in [0, 0.1) is 5.82 Å². The lowest BCUT2D eigenvalue weighted by Gasteiger charge is -2.16. The zero-order valence-corrected chi connectivity index (χ0v) is 10.9. The van der Waals surface area contributed by atoms with Gasteiger partial charge < -0.3 is 10.4 Å². The van der Waals surface area contributed by atoms with E-state index in [1.807, 2.05) is 6.92 Å². The smallest absolute Gasteiger partial charge is 0.305 e. The van der Waals surface area contributed by atoms with E-state index in [-0.39, 0.29) is 30.6 Å². The second-order valence-corrected chi connectivity index (χ2v) is 4.46. The van der Waals surface area contributed by atoms with Crippen LogP contribution in [0.4, 0.5) is 4.39 Å². The number of carboxylic acids is 1. The highest BCUT2D eigenvalue weighted by molar-refractivity contribution is 5.79. The van der Waals surface area contributed by atoms with Crippen LogP contribution in [0.5, 0.6) is 0 Å². The Morgan fingerprint density at radius 1 is 1.42 bits per heavy atom. The molecule has 0 aliphatic heterocycles. The van der Waals surface area contributed by atoms with E-state index in [0.29, 0.717) is 12.0 Å². The third-order valence-corrected chi connectivity index (χ3v) is 2.68. The van der Waals surface area contributed by atoms with E-state index in [1.165, 1.54) is 12.1 Å². The maximum Gasteiger partial charge on any atom is 0.305 e. The van der Waals surface area contributed by atoms with Crippen LogP contribution in [0.3, 0.4) is 0 Å². The first-order valence-electron chi connectivity index (χ1n) is 6.27. The fraction of sp³-hybridized carbons (Fsp3) is 0.429. The number of amides is 1. The molecule has 0 radical (unpaired) electrons. The van der Waals surface area contributed by atoms with E-state index in [4.69, 9.17) is 5.11 Å². The van der Waals surface area contributed by atoms with E-state index >= 15 is 0 Å². The molecule has 1 aromatic carbocycles. The van der Waals surface area contributed by atoms with Crippen LogP contribution < -0.4 is 5.32 Å². The Kier molecular flexibility index (Phi) is 5.99. The Balaban J connectivity index is 2.54. The highest BCUT2D eigenvalue weighted by atomic mass is 19.1. The molecule has 4 nitrogen and oxygen atoms in total. The van der Waals surface area contributed by atoms with Gasteiger partial charge in [0.25, 0.3) is 0 Å². The molecule has 0 aromatic heterocycles. The molecule has 104 valence electrons. The molecule has 0 saturated heterocycles. The van der Waals surface area contributed by atoms with Gasteiger partial charge in [-0.2, -0.15) is 0 Å². The van der Waals surface area contributed by atoms with Crippen molar-refractivity contribution in [3.05, 3.63) is 35.6 Å². The van der Waals surface area contributed by atoms with E-state index < -0.39 is 5.97 Å². The van der Waals surface area contributed by atoms with Gasteiger partial charge in [-0.1, -0.05) is 25.5 Å². The minimum absolute atomic E-state index is 0.0532. The van der Waals surface area contributed by atoms with Gasteiger partial charge >= 0.3 is 5.97 Å². The molecule has 1 rings (SSSR count). The Hall–Kier alpha value is -1.91. The van der Waals surface area contributed by atoms with Crippen molar-refractivity contribution < 1.29 is 19.1 Å². The minimum atomic E-state index is -0.940. The maximum absolute atomic E-state index is 13.0. The largest absolute Gasteiger partial charge is 0.481 e. The van der Waals surface area contributed by atoms with Crippen molar-refractivity contribution in [1.82, 2.24) is 5.32 Å². The number of rotatable bonds is 7. The van der Waals surface area contributed by atoms with Crippen molar-refractivity contribution in [2.24, 2.45) is 0 Å². The molecule has 2 N–H and O–H groups in total. The molecule has 0 heterocycles. The minimum Gasteiger partial charge on any atom is -0.481 e. The van der Waals surface area contributed by atoms with Crippen LogP contribution in [-0.2, 0) is 16.0 Å². The Morgan fingerprint density at radius 3 is 2.74 bits per heavy atom. The molecule has 1 aromatic rings. The van der Waals surface area contributed by atoms with Crippen molar-refractivity contribution in [2.75, 3.05) is 0 Å². The van der Waals surface area contributed by atoms with Crippen molar-refractivity contribution in [1.29, 1.82) is 0 Å². The number of hydrogen-bond donors (Lipinski definition) is 2. The van der Waals surface area contributed by atoms with Gasteiger partial charge in [0.15, 0.2) is 0 Å². The highest BCUT2D eigenvalue weighted by Crippen LogP contribution is 2.06. The van der Waals surface area contributed by atoms with Gasteiger partial charge in [-0.15, -0.1) is 0 Å². The van der Waals surface area contributed by atoms with Crippen LogP contribution in [0.1, 0.15) is 31.7 Å². The summed E-state index contributed by atoms with van der Waals surface area (Å²) in [6, 6.07) is 5.44. The summed E-state index contributed by atoms with van der Waals surface area (Å²) in [5.74, 6) is -1.62. The number of hydrogen-bond acceptors (Lipinski definition) is 2. The van der Waals surface area contributed by atoms with Crippen molar-refractivity contribution in [3.8, 4) is 0 Å². The van der Waals surface area contributed by atoms with Gasteiger partial charge in [0.1, 0.15) is 5.82 Å². The average Bonchev–Trinajstić information content (AvgIpc) is 2.27. The molecule has 0 aliphatic rings. The molecule has 0 bridgehead atoms. The van der Waals surface area contributed by atoms with Crippen LogP contribution in [0.25, 0.3) is 0 Å². The quantitative estimate of drug-likeness (QED) is 0.795. The van der Waals surface area contributed by atoms with Crippen LogP contribution in [0.15, 0.2) is 24.3 Å². The predicted octanol–water partition coefficient (Wildman–Crippen LogP) is 2.13. The molecule has 1 amide bonds. The van der Waals surface area contributed by atoms with Crippen molar-refractivity contribution >= 4 is 11.9 Å². The molecule has 0 fully saturated rings. The Labute approximate surface area is 111 Å². The number of benzene rings is 1.